The molecule has 1 fully saturated rings. The molecule has 0 saturated heterocycles. The fourth-order valence-electron chi connectivity index (χ4n) is 3.92. The van der Waals surface area contributed by atoms with E-state index in [1.54, 1.807) is 24.4 Å². The van der Waals surface area contributed by atoms with Gasteiger partial charge in [-0.25, -0.2) is 9.59 Å². The van der Waals surface area contributed by atoms with Crippen molar-refractivity contribution in [1.82, 2.24) is 15.1 Å². The van der Waals surface area contributed by atoms with Crippen LogP contribution in [0, 0.1) is 6.92 Å². The zero-order valence-electron chi connectivity index (χ0n) is 18.1. The molecular weight excluding hydrogens is 428 g/mol. The molecule has 4 rings (SSSR count). The molecule has 0 spiro atoms. The fourth-order valence-corrected chi connectivity index (χ4v) is 4.86. The van der Waals surface area contributed by atoms with Crippen LogP contribution in [0.1, 0.15) is 55.1 Å². The second-order valence-corrected chi connectivity index (χ2v) is 8.79. The number of hydrogen-bond acceptors (Lipinski definition) is 6. The zero-order valence-corrected chi connectivity index (χ0v) is 19.0. The second-order valence-electron chi connectivity index (χ2n) is 7.91. The van der Waals surface area contributed by atoms with E-state index in [9.17, 15) is 14.4 Å². The molecule has 3 aromatic rings. The van der Waals surface area contributed by atoms with Crippen molar-refractivity contribution < 1.29 is 14.3 Å². The van der Waals surface area contributed by atoms with Crippen LogP contribution in [-0.2, 0) is 4.74 Å². The van der Waals surface area contributed by atoms with Crippen molar-refractivity contribution in [3.8, 4) is 5.69 Å². The number of carbonyl (C=O) groups excluding carboxylic acids is 2. The lowest BCUT2D eigenvalue weighted by Gasteiger charge is -2.22. The molecule has 2 heterocycles. The molecule has 1 aliphatic carbocycles. The van der Waals surface area contributed by atoms with E-state index in [0.29, 0.717) is 16.1 Å². The maximum absolute atomic E-state index is 13.4. The molecule has 32 heavy (non-hydrogen) atoms. The van der Waals surface area contributed by atoms with E-state index in [1.807, 2.05) is 19.1 Å². The first-order chi connectivity index (χ1) is 15.5. The average Bonchev–Trinajstić information content (AvgIpc) is 3.19. The Hall–Kier alpha value is -3.20. The molecule has 2 N–H and O–H groups in total. The minimum atomic E-state index is -0.616. The third kappa shape index (κ3) is 4.52. The van der Waals surface area contributed by atoms with Crippen molar-refractivity contribution in [2.45, 2.75) is 52.0 Å². The van der Waals surface area contributed by atoms with E-state index in [4.69, 9.17) is 4.74 Å². The summed E-state index contributed by atoms with van der Waals surface area (Å²) in [7, 11) is 0. The number of carbonyl (C=O) groups is 2. The Labute approximate surface area is 189 Å². The number of aromatic nitrogens is 2. The highest BCUT2D eigenvalue weighted by atomic mass is 32.1. The number of amides is 2. The number of hydrogen-bond donors (Lipinski definition) is 2. The summed E-state index contributed by atoms with van der Waals surface area (Å²) in [6, 6.07) is 7.04. The first-order valence-electron chi connectivity index (χ1n) is 10.8. The van der Waals surface area contributed by atoms with Gasteiger partial charge in [0.25, 0.3) is 5.56 Å². The van der Waals surface area contributed by atoms with Gasteiger partial charge in [-0.2, -0.15) is 9.78 Å². The largest absolute Gasteiger partial charge is 0.461 e. The number of ether oxygens (including phenoxy) is 1. The summed E-state index contributed by atoms with van der Waals surface area (Å²) in [5.74, 6) is -0.616. The summed E-state index contributed by atoms with van der Waals surface area (Å²) in [4.78, 5) is 38.6. The highest BCUT2D eigenvalue weighted by molar-refractivity contribution is 7.16. The summed E-state index contributed by atoms with van der Waals surface area (Å²) >= 11 is 1.19. The predicted octanol–water partition coefficient (Wildman–Crippen LogP) is 4.39. The molecule has 1 aromatic carbocycles. The van der Waals surface area contributed by atoms with Gasteiger partial charge in [0.15, 0.2) is 5.69 Å². The van der Waals surface area contributed by atoms with Crippen LogP contribution in [0.5, 0.6) is 0 Å². The van der Waals surface area contributed by atoms with Gasteiger partial charge < -0.3 is 10.1 Å². The Morgan fingerprint density at radius 2 is 1.91 bits per heavy atom. The van der Waals surface area contributed by atoms with Gasteiger partial charge >= 0.3 is 12.0 Å². The lowest BCUT2D eigenvalue weighted by molar-refractivity contribution is 0.0520. The number of benzene rings is 1. The summed E-state index contributed by atoms with van der Waals surface area (Å²) in [6.45, 7) is 3.84. The number of esters is 1. The molecule has 9 heteroatoms. The lowest BCUT2D eigenvalue weighted by atomic mass is 9.96. The van der Waals surface area contributed by atoms with Gasteiger partial charge in [0, 0.05) is 16.8 Å². The topological polar surface area (TPSA) is 102 Å². The van der Waals surface area contributed by atoms with Gasteiger partial charge in [0.05, 0.1) is 17.7 Å². The Morgan fingerprint density at radius 1 is 1.19 bits per heavy atom. The average molecular weight is 455 g/mol. The van der Waals surface area contributed by atoms with Crippen molar-refractivity contribution in [2.24, 2.45) is 0 Å². The number of nitrogens with zero attached hydrogens (tertiary/aromatic N) is 2. The van der Waals surface area contributed by atoms with Gasteiger partial charge in [-0.3, -0.25) is 10.1 Å². The van der Waals surface area contributed by atoms with E-state index in [-0.39, 0.29) is 29.8 Å². The zero-order chi connectivity index (χ0) is 22.7. The van der Waals surface area contributed by atoms with E-state index >= 15 is 0 Å². The molecule has 0 unspecified atom stereocenters. The van der Waals surface area contributed by atoms with Crippen LogP contribution in [0.2, 0.25) is 0 Å². The van der Waals surface area contributed by atoms with E-state index in [2.05, 4.69) is 15.7 Å². The van der Waals surface area contributed by atoms with Crippen molar-refractivity contribution in [2.75, 3.05) is 11.9 Å². The summed E-state index contributed by atoms with van der Waals surface area (Å²) in [6.07, 6.45) is 5.30. The number of fused-ring (bicyclic) bond motifs is 1. The molecule has 1 aliphatic rings. The minimum absolute atomic E-state index is 0.0408. The SMILES string of the molecule is CCOC(=O)c1nn(-c2ccc(C)cc2)c(=O)c2c(NC(=O)NC3CCCCC3)scc12. The van der Waals surface area contributed by atoms with Gasteiger partial charge in [-0.1, -0.05) is 37.0 Å². The molecule has 0 bridgehead atoms. The molecule has 0 atom stereocenters. The van der Waals surface area contributed by atoms with Crippen molar-refractivity contribution >= 4 is 39.1 Å². The normalized spacial score (nSPS) is 14.3. The van der Waals surface area contributed by atoms with Gasteiger partial charge in [-0.15, -0.1) is 11.3 Å². The van der Waals surface area contributed by atoms with Crippen LogP contribution in [0.4, 0.5) is 9.80 Å². The Kier molecular flexibility index (Phi) is 6.55. The smallest absolute Gasteiger partial charge is 0.359 e. The maximum atomic E-state index is 13.4. The Morgan fingerprint density at radius 3 is 2.59 bits per heavy atom. The first-order valence-corrected chi connectivity index (χ1v) is 11.7. The Bertz CT molecular complexity index is 1190. The molecule has 8 nitrogen and oxygen atoms in total. The van der Waals surface area contributed by atoms with Crippen LogP contribution < -0.4 is 16.2 Å². The van der Waals surface area contributed by atoms with Gasteiger partial charge in [0.2, 0.25) is 0 Å². The maximum Gasteiger partial charge on any atom is 0.359 e. The van der Waals surface area contributed by atoms with Crippen molar-refractivity contribution in [3.05, 3.63) is 51.3 Å². The van der Waals surface area contributed by atoms with Gasteiger partial charge in [-0.05, 0) is 38.8 Å². The highest BCUT2D eigenvalue weighted by Crippen LogP contribution is 2.31. The van der Waals surface area contributed by atoms with E-state index < -0.39 is 11.5 Å². The van der Waals surface area contributed by atoms with Crippen molar-refractivity contribution in [1.29, 1.82) is 0 Å². The Balaban J connectivity index is 1.75. The number of nitrogens with one attached hydrogen (secondary N) is 2. The molecular formula is C23H26N4O4S. The molecule has 1 saturated carbocycles. The first kappa shape index (κ1) is 22.0. The molecule has 0 aliphatic heterocycles. The molecule has 2 amide bonds. The monoisotopic (exact) mass is 454 g/mol. The third-order valence-corrected chi connectivity index (χ3v) is 6.46. The highest BCUT2D eigenvalue weighted by Gasteiger charge is 2.24. The number of rotatable bonds is 5. The third-order valence-electron chi connectivity index (χ3n) is 5.57. The standard InChI is InChI=1S/C23H26N4O4S/c1-3-31-22(29)19-17-13-32-20(25-23(30)24-15-7-5-4-6-8-15)18(17)21(28)27(26-19)16-11-9-14(2)10-12-16/h9-13,15H,3-8H2,1-2H3,(H2,24,25,30). The van der Waals surface area contributed by atoms with E-state index in [1.165, 1.54) is 22.4 Å². The quantitative estimate of drug-likeness (QED) is 0.557. The number of anilines is 1. The number of urea groups is 1. The van der Waals surface area contributed by atoms with Crippen LogP contribution in [0.25, 0.3) is 16.5 Å². The fraction of sp³-hybridized carbons (Fsp3) is 0.391. The van der Waals surface area contributed by atoms with Crippen LogP contribution in [0.3, 0.4) is 0 Å². The van der Waals surface area contributed by atoms with Crippen LogP contribution in [-0.4, -0.2) is 34.4 Å². The molecule has 168 valence electrons. The summed E-state index contributed by atoms with van der Waals surface area (Å²) < 4.78 is 6.35. The number of aryl methyl sites for hydroxylation is 1. The summed E-state index contributed by atoms with van der Waals surface area (Å²) in [5.41, 5.74) is 1.19. The minimum Gasteiger partial charge on any atom is -0.461 e. The lowest BCUT2D eigenvalue weighted by Crippen LogP contribution is -2.39. The summed E-state index contributed by atoms with van der Waals surface area (Å²) in [5, 5.41) is 12.8. The number of thiophene rings is 1. The van der Waals surface area contributed by atoms with E-state index in [0.717, 1.165) is 31.2 Å². The van der Waals surface area contributed by atoms with Crippen molar-refractivity contribution in [3.63, 3.8) is 0 Å². The molecule has 0 radical (unpaired) electrons. The molecule has 2 aromatic heterocycles. The van der Waals surface area contributed by atoms with Gasteiger partial charge in [0.1, 0.15) is 5.00 Å². The predicted molar refractivity (Wildman–Crippen MR) is 125 cm³/mol. The van der Waals surface area contributed by atoms with Crippen LogP contribution >= 0.6 is 11.3 Å². The second kappa shape index (κ2) is 9.52. The van der Waals surface area contributed by atoms with Crippen LogP contribution in [0.15, 0.2) is 34.4 Å².